The van der Waals surface area contributed by atoms with Crippen molar-refractivity contribution in [2.24, 2.45) is 0 Å². The van der Waals surface area contributed by atoms with Gasteiger partial charge < -0.3 is 14.0 Å². The number of rotatable bonds is 15. The molecule has 2 heterocycles. The third-order valence-corrected chi connectivity index (χ3v) is 12.4. The number of ether oxygens (including phenoxy) is 2. The number of benzene rings is 5. The van der Waals surface area contributed by atoms with Crippen LogP contribution in [0.5, 0.6) is 0 Å². The lowest BCUT2D eigenvalue weighted by atomic mass is 9.72. The Hall–Kier alpha value is -3.71. The monoisotopic (exact) mass is 757 g/mol. The highest BCUT2D eigenvalue weighted by Gasteiger charge is 2.67. The van der Waals surface area contributed by atoms with E-state index >= 15 is 0 Å². The Kier molecular flexibility index (Phi) is 12.7. The van der Waals surface area contributed by atoms with Gasteiger partial charge in [-0.2, -0.15) is 0 Å². The van der Waals surface area contributed by atoms with Crippen molar-refractivity contribution in [3.8, 4) is 0 Å². The van der Waals surface area contributed by atoms with E-state index in [0.29, 0.717) is 0 Å². The van der Waals surface area contributed by atoms with Gasteiger partial charge in [0, 0.05) is 6.04 Å². The first kappa shape index (κ1) is 39.5. The number of nitrogens with zero attached hydrogens (tertiary/aromatic N) is 1. The summed E-state index contributed by atoms with van der Waals surface area (Å²) < 4.78 is 37.4. The number of unbranched alkanes of at least 4 members (excludes halogenated alkanes) is 2. The molecule has 4 atom stereocenters. The quantitative estimate of drug-likeness (QED) is 0.0991. The van der Waals surface area contributed by atoms with Crippen LogP contribution in [-0.4, -0.2) is 42.0 Å². The molecule has 0 N–H and O–H groups in total. The van der Waals surface area contributed by atoms with E-state index in [1.807, 2.05) is 38.1 Å². The molecular formula is C48H56NO5P. The van der Waals surface area contributed by atoms with Crippen LogP contribution in [0.3, 0.4) is 0 Å². The zero-order valence-electron chi connectivity index (χ0n) is 32.9. The van der Waals surface area contributed by atoms with Crippen molar-refractivity contribution >= 4 is 8.60 Å². The Labute approximate surface area is 329 Å². The standard InChI is InChI=1S/C48H56NO5P/c1-6-8-35-49(36-9-7-2)37(3)43(38-25-15-10-16-26-38)52-55-53-47(39-27-17-11-18-28-39,40-29-19-12-20-30-40)44-45(51-46(4,5)50-44)48(54-55,41-31-21-13-22-32-41)42-33-23-14-24-34-42/h10-34,37,43-45H,6-9,35-36H2,1-5H3/t37-,43-,44+,45+/m0/s1. The van der Waals surface area contributed by atoms with Gasteiger partial charge in [-0.1, -0.05) is 178 Å². The predicted octanol–water partition coefficient (Wildman–Crippen LogP) is 11.7. The van der Waals surface area contributed by atoms with E-state index in [1.54, 1.807) is 0 Å². The van der Waals surface area contributed by atoms with Gasteiger partial charge in [-0.05, 0) is 74.5 Å². The van der Waals surface area contributed by atoms with Crippen LogP contribution in [-0.2, 0) is 34.2 Å². The van der Waals surface area contributed by atoms with E-state index in [9.17, 15) is 0 Å². The summed E-state index contributed by atoms with van der Waals surface area (Å²) in [6.07, 6.45) is 2.77. The molecule has 7 rings (SSSR count). The molecule has 0 amide bonds. The normalized spacial score (nSPS) is 21.4. The lowest BCUT2D eigenvalue weighted by Crippen LogP contribution is -2.53. The molecule has 288 valence electrons. The minimum absolute atomic E-state index is 0.0232. The van der Waals surface area contributed by atoms with Gasteiger partial charge in [-0.25, -0.2) is 0 Å². The van der Waals surface area contributed by atoms with Crippen LogP contribution in [0.2, 0.25) is 0 Å². The Bertz CT molecular complexity index is 1710. The zero-order valence-corrected chi connectivity index (χ0v) is 33.8. The van der Waals surface area contributed by atoms with Crippen LogP contribution in [0.4, 0.5) is 0 Å². The summed E-state index contributed by atoms with van der Waals surface area (Å²) in [5.74, 6) is -0.966. The van der Waals surface area contributed by atoms with Crippen LogP contribution >= 0.6 is 8.60 Å². The molecule has 0 unspecified atom stereocenters. The van der Waals surface area contributed by atoms with Gasteiger partial charge in [0.25, 0.3) is 0 Å². The Morgan fingerprint density at radius 2 is 0.909 bits per heavy atom. The van der Waals surface area contributed by atoms with Crippen molar-refractivity contribution in [3.63, 3.8) is 0 Å². The van der Waals surface area contributed by atoms with Gasteiger partial charge in [0.1, 0.15) is 18.3 Å². The summed E-state index contributed by atoms with van der Waals surface area (Å²) in [7, 11) is -2.16. The molecule has 5 aromatic carbocycles. The summed E-state index contributed by atoms with van der Waals surface area (Å²) in [5.41, 5.74) is 2.45. The molecule has 2 aliphatic rings. The molecule has 0 aromatic heterocycles. The minimum Gasteiger partial charge on any atom is -0.341 e. The third-order valence-electron chi connectivity index (χ3n) is 11.1. The zero-order chi connectivity index (χ0) is 38.3. The van der Waals surface area contributed by atoms with Crippen molar-refractivity contribution in [2.45, 2.75) is 102 Å². The maximum atomic E-state index is 7.72. The first-order chi connectivity index (χ1) is 26.8. The summed E-state index contributed by atoms with van der Waals surface area (Å²) in [6, 6.07) is 52.2. The van der Waals surface area contributed by atoms with Crippen LogP contribution < -0.4 is 0 Å². The van der Waals surface area contributed by atoms with Gasteiger partial charge in [-0.3, -0.25) is 13.9 Å². The van der Waals surface area contributed by atoms with E-state index in [1.165, 1.54) is 0 Å². The van der Waals surface area contributed by atoms with E-state index in [0.717, 1.165) is 66.6 Å². The molecule has 0 bridgehead atoms. The first-order valence-electron chi connectivity index (χ1n) is 20.0. The van der Waals surface area contributed by atoms with Crippen LogP contribution in [0.15, 0.2) is 152 Å². The average molecular weight is 758 g/mol. The highest BCUT2D eigenvalue weighted by molar-refractivity contribution is 7.41. The second-order valence-corrected chi connectivity index (χ2v) is 16.3. The fourth-order valence-electron chi connectivity index (χ4n) is 8.30. The van der Waals surface area contributed by atoms with Crippen molar-refractivity contribution in [2.75, 3.05) is 13.1 Å². The molecule has 55 heavy (non-hydrogen) atoms. The van der Waals surface area contributed by atoms with Crippen LogP contribution in [0.1, 0.15) is 94.2 Å². The summed E-state index contributed by atoms with van der Waals surface area (Å²) >= 11 is 0. The molecule has 2 aliphatic heterocycles. The van der Waals surface area contributed by atoms with E-state index in [-0.39, 0.29) is 12.1 Å². The topological polar surface area (TPSA) is 49.4 Å². The Morgan fingerprint density at radius 3 is 1.25 bits per heavy atom. The fraction of sp³-hybridized carbons (Fsp3) is 0.375. The highest BCUT2D eigenvalue weighted by Crippen LogP contribution is 2.66. The molecule has 0 saturated carbocycles. The van der Waals surface area contributed by atoms with Crippen molar-refractivity contribution in [3.05, 3.63) is 179 Å². The van der Waals surface area contributed by atoms with E-state index in [2.05, 4.69) is 153 Å². The average Bonchev–Trinajstić information content (AvgIpc) is 3.52. The molecule has 0 radical (unpaired) electrons. The first-order valence-corrected chi connectivity index (χ1v) is 21.1. The van der Waals surface area contributed by atoms with Crippen molar-refractivity contribution in [1.82, 2.24) is 4.90 Å². The fourth-order valence-corrected chi connectivity index (χ4v) is 10.0. The smallest absolute Gasteiger partial charge is 0.336 e. The second-order valence-electron chi connectivity index (χ2n) is 15.2. The maximum Gasteiger partial charge on any atom is 0.336 e. The van der Waals surface area contributed by atoms with E-state index in [4.69, 9.17) is 23.0 Å². The number of hydrogen-bond donors (Lipinski definition) is 0. The van der Waals surface area contributed by atoms with Crippen molar-refractivity contribution < 1.29 is 23.0 Å². The van der Waals surface area contributed by atoms with Gasteiger partial charge in [0.15, 0.2) is 17.0 Å². The lowest BCUT2D eigenvalue weighted by molar-refractivity contribution is -0.177. The van der Waals surface area contributed by atoms with E-state index < -0.39 is 37.8 Å². The van der Waals surface area contributed by atoms with Crippen LogP contribution in [0.25, 0.3) is 0 Å². The highest BCUT2D eigenvalue weighted by atomic mass is 31.2. The SMILES string of the molecule is CCCCN(CCCC)[C@@H](C)[C@H](OP1OC(c2ccccc2)(c2ccccc2)[C@@H]2OC(C)(C)O[C@H]2C(c2ccccc2)(c2ccccc2)O1)c1ccccc1. The van der Waals surface area contributed by atoms with Gasteiger partial charge in [0.05, 0.1) is 0 Å². The molecule has 0 spiro atoms. The Morgan fingerprint density at radius 1 is 0.564 bits per heavy atom. The molecule has 6 nitrogen and oxygen atoms in total. The van der Waals surface area contributed by atoms with Gasteiger partial charge in [-0.15, -0.1) is 0 Å². The predicted molar refractivity (Wildman–Crippen MR) is 221 cm³/mol. The minimum atomic E-state index is -2.16. The Balaban J connectivity index is 1.48. The molecule has 5 aromatic rings. The molecular weight excluding hydrogens is 702 g/mol. The maximum absolute atomic E-state index is 7.72. The number of hydrogen-bond acceptors (Lipinski definition) is 6. The summed E-state index contributed by atoms with van der Waals surface area (Å²) in [6.45, 7) is 12.7. The van der Waals surface area contributed by atoms with Gasteiger partial charge in [0.2, 0.25) is 0 Å². The third kappa shape index (κ3) is 8.10. The number of fused-ring (bicyclic) bond motifs is 1. The molecule has 0 aliphatic carbocycles. The molecule has 2 saturated heterocycles. The summed E-state index contributed by atoms with van der Waals surface area (Å²) in [4.78, 5) is 2.59. The molecule has 7 heteroatoms. The summed E-state index contributed by atoms with van der Waals surface area (Å²) in [5, 5.41) is 0. The second kappa shape index (κ2) is 17.6. The van der Waals surface area contributed by atoms with Crippen molar-refractivity contribution in [1.29, 1.82) is 0 Å². The lowest BCUT2D eigenvalue weighted by Gasteiger charge is -2.41. The van der Waals surface area contributed by atoms with Gasteiger partial charge >= 0.3 is 8.60 Å². The molecule has 2 fully saturated rings. The van der Waals surface area contributed by atoms with Crippen LogP contribution in [0, 0.1) is 0 Å². The largest absolute Gasteiger partial charge is 0.341 e.